The van der Waals surface area contributed by atoms with E-state index in [9.17, 15) is 20.0 Å². The molecule has 9 heteroatoms. The van der Waals surface area contributed by atoms with Crippen molar-refractivity contribution in [2.45, 2.75) is 0 Å². The second-order valence-electron chi connectivity index (χ2n) is 4.52. The zero-order chi connectivity index (χ0) is 17.5. The Morgan fingerprint density at radius 3 is 2.83 bits per heavy atom. The molecule has 8 nitrogen and oxygen atoms in total. The molecule has 0 heterocycles. The highest BCUT2D eigenvalue weighted by atomic mass is 127. The number of nitro benzene ring substituents is 1. The smallest absolute Gasteiger partial charge is 0.310 e. The average molecular weight is 441 g/mol. The van der Waals surface area contributed by atoms with Crippen LogP contribution < -0.4 is 10.2 Å². The number of nitrogens with zero attached hydrogens (tertiary/aromatic N) is 2. The van der Waals surface area contributed by atoms with Crippen molar-refractivity contribution < 1.29 is 19.6 Å². The Bertz CT molecular complexity index is 794. The molecule has 0 fully saturated rings. The van der Waals surface area contributed by atoms with Crippen molar-refractivity contribution in [3.05, 3.63) is 61.7 Å². The molecule has 0 aliphatic rings. The van der Waals surface area contributed by atoms with Gasteiger partial charge in [0.05, 0.1) is 14.7 Å². The van der Waals surface area contributed by atoms with Gasteiger partial charge < -0.3 is 9.84 Å². The van der Waals surface area contributed by atoms with E-state index in [1.54, 1.807) is 18.2 Å². The highest BCUT2D eigenvalue weighted by Gasteiger charge is 2.14. The molecular weight excluding hydrogens is 429 g/mol. The third-order valence-electron chi connectivity index (χ3n) is 2.80. The topological polar surface area (TPSA) is 114 Å². The van der Waals surface area contributed by atoms with E-state index in [2.05, 4.69) is 10.5 Å². The number of hydrazone groups is 1. The van der Waals surface area contributed by atoms with Crippen LogP contribution in [0.15, 0.2) is 47.6 Å². The van der Waals surface area contributed by atoms with Gasteiger partial charge in [-0.25, -0.2) is 5.43 Å². The van der Waals surface area contributed by atoms with Gasteiger partial charge in [0.1, 0.15) is 5.75 Å². The molecule has 0 atom stereocenters. The van der Waals surface area contributed by atoms with Crippen molar-refractivity contribution in [3.63, 3.8) is 0 Å². The summed E-state index contributed by atoms with van der Waals surface area (Å²) in [5.41, 5.74) is 2.73. The zero-order valence-corrected chi connectivity index (χ0v) is 14.3. The number of phenolic OH excluding ortho intramolecular Hbond substituents is 1. The number of para-hydroxylation sites is 2. The molecule has 0 aliphatic carbocycles. The largest absolute Gasteiger partial charge is 0.507 e. The molecule has 2 aromatic rings. The van der Waals surface area contributed by atoms with Crippen molar-refractivity contribution in [3.8, 4) is 11.5 Å². The Morgan fingerprint density at radius 2 is 2.12 bits per heavy atom. The van der Waals surface area contributed by atoms with Crippen molar-refractivity contribution in [2.75, 3.05) is 6.61 Å². The van der Waals surface area contributed by atoms with Crippen LogP contribution in [0.2, 0.25) is 0 Å². The van der Waals surface area contributed by atoms with Crippen molar-refractivity contribution in [1.82, 2.24) is 5.43 Å². The number of nitrogens with one attached hydrogen (secondary N) is 1. The SMILES string of the molecule is O=C(COc1ccccc1[N+](=O)[O-])NN=Cc1ccc(O)c(I)c1. The number of rotatable bonds is 6. The van der Waals surface area contributed by atoms with Crippen LogP contribution in [-0.2, 0) is 4.79 Å². The summed E-state index contributed by atoms with van der Waals surface area (Å²) in [5.74, 6) is -0.387. The van der Waals surface area contributed by atoms with Crippen molar-refractivity contribution in [2.24, 2.45) is 5.10 Å². The van der Waals surface area contributed by atoms with E-state index in [0.29, 0.717) is 9.13 Å². The van der Waals surface area contributed by atoms with Gasteiger partial charge >= 0.3 is 5.69 Å². The van der Waals surface area contributed by atoms with E-state index in [1.807, 2.05) is 22.6 Å². The van der Waals surface area contributed by atoms with Gasteiger partial charge in [-0.3, -0.25) is 14.9 Å². The summed E-state index contributed by atoms with van der Waals surface area (Å²) in [6.45, 7) is -0.407. The Kier molecular flexibility index (Phi) is 6.07. The lowest BCUT2D eigenvalue weighted by Gasteiger charge is -2.05. The molecule has 2 aromatic carbocycles. The van der Waals surface area contributed by atoms with Gasteiger partial charge in [-0.15, -0.1) is 0 Å². The minimum absolute atomic E-state index is 0.00900. The van der Waals surface area contributed by atoms with Gasteiger partial charge in [0, 0.05) is 6.07 Å². The minimum atomic E-state index is -0.585. The number of aromatic hydroxyl groups is 1. The molecule has 124 valence electrons. The number of halogens is 1. The first-order chi connectivity index (χ1) is 11.5. The fraction of sp³-hybridized carbons (Fsp3) is 0.0667. The quantitative estimate of drug-likeness (QED) is 0.310. The van der Waals surface area contributed by atoms with Gasteiger partial charge in [0.2, 0.25) is 0 Å². The number of hydrogen-bond donors (Lipinski definition) is 2. The molecule has 2 N–H and O–H groups in total. The van der Waals surface area contributed by atoms with Gasteiger partial charge in [0.25, 0.3) is 5.91 Å². The maximum absolute atomic E-state index is 11.6. The first-order valence-corrected chi connectivity index (χ1v) is 7.72. The number of nitro groups is 1. The molecule has 0 radical (unpaired) electrons. The molecule has 0 bridgehead atoms. The van der Waals surface area contributed by atoms with Crippen molar-refractivity contribution in [1.29, 1.82) is 0 Å². The van der Waals surface area contributed by atoms with Crippen LogP contribution in [-0.4, -0.2) is 28.8 Å². The summed E-state index contributed by atoms with van der Waals surface area (Å²) in [6, 6.07) is 10.6. The summed E-state index contributed by atoms with van der Waals surface area (Å²) in [7, 11) is 0. The fourth-order valence-corrected chi connectivity index (χ4v) is 2.23. The number of ether oxygens (including phenoxy) is 1. The predicted octanol–water partition coefficient (Wildman–Crippen LogP) is 2.43. The molecule has 2 rings (SSSR count). The van der Waals surface area contributed by atoms with Crippen LogP contribution in [0.1, 0.15) is 5.56 Å². The molecule has 0 spiro atoms. The number of benzene rings is 2. The van der Waals surface area contributed by atoms with Crippen LogP contribution in [0, 0.1) is 13.7 Å². The predicted molar refractivity (Wildman–Crippen MR) is 95.2 cm³/mol. The number of hydrogen-bond acceptors (Lipinski definition) is 6. The number of carbonyl (C=O) groups excluding carboxylic acids is 1. The molecule has 0 saturated heterocycles. The standard InChI is InChI=1S/C15H12IN3O5/c16-11-7-10(5-6-13(11)20)8-17-18-15(21)9-24-14-4-2-1-3-12(14)19(22)23/h1-8,20H,9H2,(H,18,21). The number of amides is 1. The van der Waals surface area contributed by atoms with Gasteiger partial charge in [-0.2, -0.15) is 5.10 Å². The minimum Gasteiger partial charge on any atom is -0.507 e. The summed E-state index contributed by atoms with van der Waals surface area (Å²) in [6.07, 6.45) is 1.41. The lowest BCUT2D eigenvalue weighted by atomic mass is 10.2. The summed E-state index contributed by atoms with van der Waals surface area (Å²) < 4.78 is 5.79. The third kappa shape index (κ3) is 4.91. The Hall–Kier alpha value is -2.69. The highest BCUT2D eigenvalue weighted by Crippen LogP contribution is 2.25. The fourth-order valence-electron chi connectivity index (χ4n) is 1.69. The second-order valence-corrected chi connectivity index (χ2v) is 5.68. The van der Waals surface area contributed by atoms with Crippen LogP contribution in [0.25, 0.3) is 0 Å². The molecule has 0 saturated carbocycles. The van der Waals surface area contributed by atoms with Crippen LogP contribution in [0.3, 0.4) is 0 Å². The maximum Gasteiger partial charge on any atom is 0.310 e. The lowest BCUT2D eigenvalue weighted by molar-refractivity contribution is -0.385. The normalized spacial score (nSPS) is 10.5. The molecule has 24 heavy (non-hydrogen) atoms. The van der Waals surface area contributed by atoms with Gasteiger partial charge in [0.15, 0.2) is 12.4 Å². The first kappa shape index (κ1) is 17.7. The molecule has 0 aliphatic heterocycles. The van der Waals surface area contributed by atoms with E-state index >= 15 is 0 Å². The molecule has 0 aromatic heterocycles. The summed E-state index contributed by atoms with van der Waals surface area (Å²) in [4.78, 5) is 21.9. The van der Waals surface area contributed by atoms with E-state index in [-0.39, 0.29) is 17.2 Å². The van der Waals surface area contributed by atoms with Crippen LogP contribution in [0.5, 0.6) is 11.5 Å². The van der Waals surface area contributed by atoms with Crippen LogP contribution in [0.4, 0.5) is 5.69 Å². The average Bonchev–Trinajstić information content (AvgIpc) is 2.56. The zero-order valence-electron chi connectivity index (χ0n) is 12.2. The Labute approximate surface area is 150 Å². The maximum atomic E-state index is 11.6. The lowest BCUT2D eigenvalue weighted by Crippen LogP contribution is -2.24. The van der Waals surface area contributed by atoms with E-state index in [4.69, 9.17) is 4.74 Å². The third-order valence-corrected chi connectivity index (χ3v) is 3.66. The van der Waals surface area contributed by atoms with Crippen LogP contribution >= 0.6 is 22.6 Å². The van der Waals surface area contributed by atoms with Gasteiger partial charge in [-0.05, 0) is 52.4 Å². The van der Waals surface area contributed by atoms with E-state index < -0.39 is 17.4 Å². The highest BCUT2D eigenvalue weighted by molar-refractivity contribution is 14.1. The first-order valence-electron chi connectivity index (χ1n) is 6.64. The molecule has 1 amide bonds. The van der Waals surface area contributed by atoms with Gasteiger partial charge in [-0.1, -0.05) is 12.1 Å². The summed E-state index contributed by atoms with van der Waals surface area (Å²) >= 11 is 1.97. The number of carbonyl (C=O) groups is 1. The molecule has 0 unspecified atom stereocenters. The monoisotopic (exact) mass is 441 g/mol. The second kappa shape index (κ2) is 8.24. The Balaban J connectivity index is 1.89. The van der Waals surface area contributed by atoms with E-state index in [1.165, 1.54) is 30.5 Å². The summed E-state index contributed by atoms with van der Waals surface area (Å²) in [5, 5.41) is 24.0. The van der Waals surface area contributed by atoms with Crippen molar-refractivity contribution >= 4 is 40.4 Å². The Morgan fingerprint density at radius 1 is 1.38 bits per heavy atom. The van der Waals surface area contributed by atoms with E-state index in [0.717, 1.165) is 0 Å². The number of phenols is 1. The molecular formula is C15H12IN3O5.